The SMILES string of the molecule is CC(C)CNCC(Cc1cc(Br)ccc1F)C(C)(C)C. The molecule has 1 nitrogen and oxygen atoms in total. The van der Waals surface area contributed by atoms with E-state index in [9.17, 15) is 4.39 Å². The quantitative estimate of drug-likeness (QED) is 0.762. The van der Waals surface area contributed by atoms with Crippen LogP contribution in [0.2, 0.25) is 0 Å². The van der Waals surface area contributed by atoms with Gasteiger partial charge in [0.2, 0.25) is 0 Å². The summed E-state index contributed by atoms with van der Waals surface area (Å²) < 4.78 is 14.9. The number of nitrogens with one attached hydrogen (secondary N) is 1. The van der Waals surface area contributed by atoms with Gasteiger partial charge in [-0.15, -0.1) is 0 Å². The Morgan fingerprint density at radius 3 is 2.40 bits per heavy atom. The van der Waals surface area contributed by atoms with E-state index >= 15 is 0 Å². The Labute approximate surface area is 131 Å². The van der Waals surface area contributed by atoms with Crippen LogP contribution in [0.3, 0.4) is 0 Å². The molecule has 20 heavy (non-hydrogen) atoms. The Bertz CT molecular complexity index is 423. The number of hydrogen-bond donors (Lipinski definition) is 1. The molecule has 1 aromatic rings. The van der Waals surface area contributed by atoms with E-state index in [4.69, 9.17) is 0 Å². The topological polar surface area (TPSA) is 12.0 Å². The number of halogens is 2. The summed E-state index contributed by atoms with van der Waals surface area (Å²) in [4.78, 5) is 0. The molecule has 0 saturated carbocycles. The molecule has 0 radical (unpaired) electrons. The Kier molecular flexibility index (Phi) is 6.67. The molecule has 1 aromatic carbocycles. The average molecular weight is 344 g/mol. The highest BCUT2D eigenvalue weighted by atomic mass is 79.9. The van der Waals surface area contributed by atoms with Gasteiger partial charge < -0.3 is 5.32 Å². The fourth-order valence-electron chi connectivity index (χ4n) is 2.20. The molecule has 1 unspecified atom stereocenters. The average Bonchev–Trinajstić information content (AvgIpc) is 2.30. The van der Waals surface area contributed by atoms with Crippen LogP contribution in [0.5, 0.6) is 0 Å². The second-order valence-corrected chi connectivity index (χ2v) is 7.97. The lowest BCUT2D eigenvalue weighted by molar-refractivity contribution is 0.227. The summed E-state index contributed by atoms with van der Waals surface area (Å²) in [6.45, 7) is 13.0. The fourth-order valence-corrected chi connectivity index (χ4v) is 2.60. The second kappa shape index (κ2) is 7.56. The van der Waals surface area contributed by atoms with Crippen LogP contribution < -0.4 is 5.32 Å². The highest BCUT2D eigenvalue weighted by molar-refractivity contribution is 9.10. The summed E-state index contributed by atoms with van der Waals surface area (Å²) in [7, 11) is 0. The van der Waals surface area contributed by atoms with Gasteiger partial charge in [0.05, 0.1) is 0 Å². The van der Waals surface area contributed by atoms with Crippen LogP contribution >= 0.6 is 15.9 Å². The molecular weight excluding hydrogens is 317 g/mol. The van der Waals surface area contributed by atoms with Crippen molar-refractivity contribution in [3.63, 3.8) is 0 Å². The Balaban J connectivity index is 2.76. The third-order valence-electron chi connectivity index (χ3n) is 3.64. The maximum absolute atomic E-state index is 13.9. The standard InChI is InChI=1S/C17H27BrFN/c1-12(2)10-20-11-14(17(3,4)5)8-13-9-15(18)6-7-16(13)19/h6-7,9,12,14,20H,8,10-11H2,1-5H3. The predicted octanol–water partition coefficient (Wildman–Crippen LogP) is 5.04. The van der Waals surface area contributed by atoms with Gasteiger partial charge in [-0.1, -0.05) is 50.5 Å². The molecule has 0 amide bonds. The molecule has 0 aliphatic carbocycles. The maximum Gasteiger partial charge on any atom is 0.126 e. The van der Waals surface area contributed by atoms with Gasteiger partial charge in [0.15, 0.2) is 0 Å². The zero-order valence-corrected chi connectivity index (χ0v) is 14.8. The van der Waals surface area contributed by atoms with Crippen molar-refractivity contribution in [1.82, 2.24) is 5.32 Å². The first-order valence-corrected chi connectivity index (χ1v) is 8.14. The highest BCUT2D eigenvalue weighted by Crippen LogP contribution is 2.30. The van der Waals surface area contributed by atoms with Crippen molar-refractivity contribution in [1.29, 1.82) is 0 Å². The summed E-state index contributed by atoms with van der Waals surface area (Å²) in [6, 6.07) is 5.19. The van der Waals surface area contributed by atoms with E-state index in [0.29, 0.717) is 11.8 Å². The minimum atomic E-state index is -0.105. The first kappa shape index (κ1) is 17.6. The van der Waals surface area contributed by atoms with Crippen LogP contribution in [0.15, 0.2) is 22.7 Å². The third-order valence-corrected chi connectivity index (χ3v) is 4.14. The first-order chi connectivity index (χ1) is 9.20. The molecule has 0 aliphatic rings. The second-order valence-electron chi connectivity index (χ2n) is 7.05. The molecule has 0 aliphatic heterocycles. The first-order valence-electron chi connectivity index (χ1n) is 7.34. The minimum absolute atomic E-state index is 0.105. The lowest BCUT2D eigenvalue weighted by Crippen LogP contribution is -2.35. The van der Waals surface area contributed by atoms with E-state index in [1.165, 1.54) is 0 Å². The molecule has 114 valence electrons. The number of rotatable bonds is 6. The van der Waals surface area contributed by atoms with Crippen molar-refractivity contribution in [2.75, 3.05) is 13.1 Å². The molecule has 1 rings (SSSR count). The molecule has 0 saturated heterocycles. The van der Waals surface area contributed by atoms with Crippen molar-refractivity contribution in [2.24, 2.45) is 17.3 Å². The third kappa shape index (κ3) is 5.92. The van der Waals surface area contributed by atoms with Gasteiger partial charge in [0.1, 0.15) is 5.82 Å². The van der Waals surface area contributed by atoms with Gasteiger partial charge in [0.25, 0.3) is 0 Å². The number of benzene rings is 1. The van der Waals surface area contributed by atoms with Crippen LogP contribution in [0.4, 0.5) is 4.39 Å². The largest absolute Gasteiger partial charge is 0.316 e. The zero-order chi connectivity index (χ0) is 15.3. The maximum atomic E-state index is 13.9. The molecule has 1 N–H and O–H groups in total. The van der Waals surface area contributed by atoms with E-state index in [1.54, 1.807) is 12.1 Å². The van der Waals surface area contributed by atoms with E-state index in [1.807, 2.05) is 6.07 Å². The van der Waals surface area contributed by atoms with Gasteiger partial charge in [-0.05, 0) is 60.5 Å². The van der Waals surface area contributed by atoms with Gasteiger partial charge in [0, 0.05) is 4.47 Å². The fraction of sp³-hybridized carbons (Fsp3) is 0.647. The lowest BCUT2D eigenvalue weighted by Gasteiger charge is -2.31. The van der Waals surface area contributed by atoms with Crippen LogP contribution in [-0.2, 0) is 6.42 Å². The van der Waals surface area contributed by atoms with E-state index < -0.39 is 0 Å². The van der Waals surface area contributed by atoms with Crippen molar-refractivity contribution in [2.45, 2.75) is 41.0 Å². The van der Waals surface area contributed by atoms with Gasteiger partial charge >= 0.3 is 0 Å². The van der Waals surface area contributed by atoms with Gasteiger partial charge in [-0.25, -0.2) is 4.39 Å². The van der Waals surface area contributed by atoms with E-state index in [2.05, 4.69) is 55.9 Å². The van der Waals surface area contributed by atoms with Crippen molar-refractivity contribution < 1.29 is 4.39 Å². The molecule has 0 fully saturated rings. The molecule has 1 atom stereocenters. The highest BCUT2D eigenvalue weighted by Gasteiger charge is 2.25. The summed E-state index contributed by atoms with van der Waals surface area (Å²) in [5.74, 6) is 0.939. The smallest absolute Gasteiger partial charge is 0.126 e. The Morgan fingerprint density at radius 2 is 1.85 bits per heavy atom. The molecular formula is C17H27BrFN. The summed E-state index contributed by atoms with van der Waals surface area (Å²) in [6.07, 6.45) is 0.764. The number of hydrogen-bond acceptors (Lipinski definition) is 1. The van der Waals surface area contributed by atoms with Gasteiger partial charge in [-0.3, -0.25) is 0 Å². The zero-order valence-electron chi connectivity index (χ0n) is 13.3. The van der Waals surface area contributed by atoms with Gasteiger partial charge in [-0.2, -0.15) is 0 Å². The summed E-state index contributed by atoms with van der Waals surface area (Å²) >= 11 is 3.43. The molecule has 3 heteroatoms. The Hall–Kier alpha value is -0.410. The minimum Gasteiger partial charge on any atom is -0.316 e. The van der Waals surface area contributed by atoms with Crippen LogP contribution in [0.25, 0.3) is 0 Å². The Morgan fingerprint density at radius 1 is 1.20 bits per heavy atom. The van der Waals surface area contributed by atoms with Crippen molar-refractivity contribution in [3.05, 3.63) is 34.1 Å². The predicted molar refractivity (Wildman–Crippen MR) is 88.5 cm³/mol. The molecule has 0 bridgehead atoms. The molecule has 0 spiro atoms. The van der Waals surface area contributed by atoms with E-state index in [-0.39, 0.29) is 11.2 Å². The van der Waals surface area contributed by atoms with E-state index in [0.717, 1.165) is 29.5 Å². The van der Waals surface area contributed by atoms with Crippen LogP contribution in [0.1, 0.15) is 40.2 Å². The molecule has 0 aromatic heterocycles. The van der Waals surface area contributed by atoms with Crippen LogP contribution in [-0.4, -0.2) is 13.1 Å². The summed E-state index contributed by atoms with van der Waals surface area (Å²) in [5.41, 5.74) is 0.948. The normalized spacial score (nSPS) is 13.8. The van der Waals surface area contributed by atoms with Crippen LogP contribution in [0, 0.1) is 23.1 Å². The lowest BCUT2D eigenvalue weighted by atomic mass is 9.77. The van der Waals surface area contributed by atoms with Crippen molar-refractivity contribution >= 4 is 15.9 Å². The monoisotopic (exact) mass is 343 g/mol. The summed E-state index contributed by atoms with van der Waals surface area (Å²) in [5, 5.41) is 3.51. The van der Waals surface area contributed by atoms with Crippen molar-refractivity contribution in [3.8, 4) is 0 Å². The molecule has 0 heterocycles.